The van der Waals surface area contributed by atoms with Gasteiger partial charge in [-0.15, -0.1) is 0 Å². The molecule has 0 unspecified atom stereocenters. The molecule has 300 valence electrons. The number of rotatable bonds is 5. The maximum atomic E-state index is 4.95. The van der Waals surface area contributed by atoms with Crippen LogP contribution in [0.3, 0.4) is 0 Å². The fourth-order valence-electron chi connectivity index (χ4n) is 9.14. The molecule has 0 fully saturated rings. The Morgan fingerprint density at radius 3 is 2.13 bits per heavy atom. The number of anilines is 2. The molecule has 0 saturated carbocycles. The maximum Gasteiger partial charge on any atom is 0.0795 e. The Labute approximate surface area is 360 Å². The van der Waals surface area contributed by atoms with Crippen molar-refractivity contribution < 1.29 is 0 Å². The molecule has 5 aromatic carbocycles. The van der Waals surface area contributed by atoms with Crippen molar-refractivity contribution in [2.45, 2.75) is 71.8 Å². The van der Waals surface area contributed by atoms with Crippen molar-refractivity contribution in [3.05, 3.63) is 192 Å². The smallest absolute Gasteiger partial charge is 0.0795 e. The lowest BCUT2D eigenvalue weighted by molar-refractivity contribution is 0.589. The topological polar surface area (TPSA) is 33.4 Å². The first kappa shape index (κ1) is 38.4. The average molecular weight is 793 g/mol. The van der Waals surface area contributed by atoms with Crippen molar-refractivity contribution in [3.63, 3.8) is 0 Å². The zero-order chi connectivity index (χ0) is 41.9. The number of pyridine rings is 1. The SMILES string of the molecule is CC(C)(C)c1ccc2c(c1)-c1cc(C(C)(C)C)ccc1N(c1ccc(C3=CCC=C(n4c(-c5cccc6c5N=CC=CC6)ccc4-c4cccc5cccnc45)C=C3)cc1)C2. The largest absolute Gasteiger partial charge is 0.336 e. The van der Waals surface area contributed by atoms with E-state index in [2.05, 4.69) is 197 Å². The van der Waals surface area contributed by atoms with E-state index in [9.17, 15) is 0 Å². The lowest BCUT2D eigenvalue weighted by atomic mass is 9.80. The molecule has 4 nitrogen and oxygen atoms in total. The zero-order valence-electron chi connectivity index (χ0n) is 36.1. The summed E-state index contributed by atoms with van der Waals surface area (Å²) in [4.78, 5) is 12.3. The van der Waals surface area contributed by atoms with Crippen molar-refractivity contribution >= 4 is 45.4 Å². The molecule has 0 bridgehead atoms. The van der Waals surface area contributed by atoms with Crippen molar-refractivity contribution in [2.75, 3.05) is 4.90 Å². The van der Waals surface area contributed by atoms with Crippen LogP contribution in [0.4, 0.5) is 17.1 Å². The van der Waals surface area contributed by atoms with Crippen LogP contribution in [0.5, 0.6) is 0 Å². The zero-order valence-corrected chi connectivity index (χ0v) is 36.1. The van der Waals surface area contributed by atoms with Crippen LogP contribution < -0.4 is 4.90 Å². The van der Waals surface area contributed by atoms with Crippen LogP contribution in [0.1, 0.15) is 75.8 Å². The van der Waals surface area contributed by atoms with Crippen LogP contribution in [0, 0.1) is 0 Å². The van der Waals surface area contributed by atoms with Crippen LogP contribution in [0.15, 0.2) is 169 Å². The molecule has 7 aromatic rings. The Bertz CT molecular complexity index is 3000. The molecule has 0 atom stereocenters. The summed E-state index contributed by atoms with van der Waals surface area (Å²) >= 11 is 0. The molecule has 2 aliphatic heterocycles. The molecule has 3 aliphatic rings. The number of aromatic nitrogens is 2. The van der Waals surface area contributed by atoms with Gasteiger partial charge in [-0.2, -0.15) is 0 Å². The van der Waals surface area contributed by atoms with Crippen LogP contribution in [0.2, 0.25) is 0 Å². The van der Waals surface area contributed by atoms with Gasteiger partial charge in [0.1, 0.15) is 0 Å². The molecule has 0 saturated heterocycles. The van der Waals surface area contributed by atoms with Crippen molar-refractivity contribution in [1.29, 1.82) is 0 Å². The van der Waals surface area contributed by atoms with E-state index < -0.39 is 0 Å². The van der Waals surface area contributed by atoms with Gasteiger partial charge in [0.25, 0.3) is 0 Å². The molecule has 0 N–H and O–H groups in total. The second kappa shape index (κ2) is 15.0. The second-order valence-electron chi connectivity index (χ2n) is 18.6. The molecule has 1 aliphatic carbocycles. The first-order valence-electron chi connectivity index (χ1n) is 21.6. The molecular weight excluding hydrogens is 741 g/mol. The van der Waals surface area contributed by atoms with Crippen LogP contribution in [0.25, 0.3) is 55.8 Å². The van der Waals surface area contributed by atoms with Gasteiger partial charge in [-0.3, -0.25) is 9.98 Å². The first-order chi connectivity index (χ1) is 29.5. The van der Waals surface area contributed by atoms with E-state index in [-0.39, 0.29) is 10.8 Å². The summed E-state index contributed by atoms with van der Waals surface area (Å²) in [5.74, 6) is 0. The summed E-state index contributed by atoms with van der Waals surface area (Å²) in [5, 5.41) is 1.12. The number of allylic oxidation sites excluding steroid dienone is 8. The molecule has 4 heterocycles. The van der Waals surface area contributed by atoms with Gasteiger partial charge in [-0.1, -0.05) is 145 Å². The lowest BCUT2D eigenvalue weighted by Gasteiger charge is -2.35. The van der Waals surface area contributed by atoms with E-state index in [0.29, 0.717) is 0 Å². The number of nitrogens with zero attached hydrogens (tertiary/aromatic N) is 4. The van der Waals surface area contributed by atoms with Crippen LogP contribution in [-0.4, -0.2) is 15.8 Å². The number of aliphatic imine (C=N–C) groups is 1. The summed E-state index contributed by atoms with van der Waals surface area (Å²) < 4.78 is 2.41. The summed E-state index contributed by atoms with van der Waals surface area (Å²) in [7, 11) is 0. The van der Waals surface area contributed by atoms with Gasteiger partial charge in [-0.25, -0.2) is 0 Å². The van der Waals surface area contributed by atoms with Gasteiger partial charge in [0.15, 0.2) is 0 Å². The first-order valence-corrected chi connectivity index (χ1v) is 21.6. The van der Waals surface area contributed by atoms with Crippen LogP contribution in [-0.2, 0) is 23.8 Å². The summed E-state index contributed by atoms with van der Waals surface area (Å²) in [6, 6.07) is 45.0. The number of hydrogen-bond donors (Lipinski definition) is 0. The third-order valence-electron chi connectivity index (χ3n) is 12.6. The minimum atomic E-state index is 0.0553. The standard InChI is InChI=1S/C57H52N4/c1-56(2,3)43-25-21-42-37-60(51-30-26-44(57(4,5)6)36-50(51)49(42)35-43)45-27-22-39(23-28-45)38-14-9-18-46(29-24-38)61-52(47-19-10-15-40-13-7-8-33-58-54(40)47)31-32-53(61)48-20-11-16-41-17-12-34-59-55(41)48/h7-8,10-12,14-36H,9,13,37H2,1-6H3. The normalized spacial score (nSPS) is 14.8. The Morgan fingerprint density at radius 1 is 0.607 bits per heavy atom. The van der Waals surface area contributed by atoms with E-state index in [1.54, 1.807) is 0 Å². The Kier molecular flexibility index (Phi) is 9.48. The summed E-state index contributed by atoms with van der Waals surface area (Å²) in [6.07, 6.45) is 18.9. The Balaban J connectivity index is 1.00. The molecule has 10 rings (SSSR count). The van der Waals surface area contributed by atoms with Crippen molar-refractivity contribution in [1.82, 2.24) is 9.55 Å². The van der Waals surface area contributed by atoms with E-state index in [1.165, 1.54) is 55.9 Å². The van der Waals surface area contributed by atoms with Gasteiger partial charge in [-0.05, 0) is 117 Å². The lowest BCUT2D eigenvalue weighted by Crippen LogP contribution is -2.23. The molecule has 61 heavy (non-hydrogen) atoms. The highest BCUT2D eigenvalue weighted by Crippen LogP contribution is 2.46. The van der Waals surface area contributed by atoms with Gasteiger partial charge in [0.05, 0.1) is 22.6 Å². The number of hydrogen-bond acceptors (Lipinski definition) is 3. The number of fused-ring (bicyclic) bond motifs is 5. The maximum absolute atomic E-state index is 4.95. The van der Waals surface area contributed by atoms with Crippen molar-refractivity contribution in [2.24, 2.45) is 4.99 Å². The Hall–Kier alpha value is -6.78. The molecule has 0 amide bonds. The summed E-state index contributed by atoms with van der Waals surface area (Å²) in [6.45, 7) is 14.7. The molecule has 0 radical (unpaired) electrons. The van der Waals surface area contributed by atoms with Crippen molar-refractivity contribution in [3.8, 4) is 33.6 Å². The third-order valence-corrected chi connectivity index (χ3v) is 12.6. The monoisotopic (exact) mass is 792 g/mol. The highest BCUT2D eigenvalue weighted by Gasteiger charge is 2.28. The van der Waals surface area contributed by atoms with Gasteiger partial charge >= 0.3 is 0 Å². The van der Waals surface area contributed by atoms with E-state index >= 15 is 0 Å². The second-order valence-corrected chi connectivity index (χ2v) is 18.6. The molecular formula is C57H52N4. The van der Waals surface area contributed by atoms with E-state index in [4.69, 9.17) is 9.98 Å². The molecule has 4 heteroatoms. The highest BCUT2D eigenvalue weighted by atomic mass is 15.1. The number of para-hydroxylation sites is 2. The van der Waals surface area contributed by atoms with E-state index in [1.807, 2.05) is 24.6 Å². The van der Waals surface area contributed by atoms with Gasteiger partial charge in [0, 0.05) is 58.1 Å². The highest BCUT2D eigenvalue weighted by molar-refractivity contribution is 5.96. The third kappa shape index (κ3) is 7.10. The fourth-order valence-corrected chi connectivity index (χ4v) is 9.14. The predicted molar refractivity (Wildman–Crippen MR) is 259 cm³/mol. The van der Waals surface area contributed by atoms with Gasteiger partial charge in [0.2, 0.25) is 0 Å². The van der Waals surface area contributed by atoms with E-state index in [0.717, 1.165) is 64.2 Å². The quantitative estimate of drug-likeness (QED) is 0.174. The van der Waals surface area contributed by atoms with Crippen LogP contribution >= 0.6 is 0 Å². The summed E-state index contributed by atoms with van der Waals surface area (Å²) in [5.41, 5.74) is 20.5. The van der Waals surface area contributed by atoms with Gasteiger partial charge < -0.3 is 9.47 Å². The minimum absolute atomic E-state index is 0.0553. The average Bonchev–Trinajstić information content (AvgIpc) is 3.39. The number of benzene rings is 5. The Morgan fingerprint density at radius 2 is 1.33 bits per heavy atom. The predicted octanol–water partition coefficient (Wildman–Crippen LogP) is 15.0. The molecule has 0 spiro atoms. The fraction of sp³-hybridized carbons (Fsp3) is 0.193. The minimum Gasteiger partial charge on any atom is -0.336 e. The molecule has 2 aromatic heterocycles.